The van der Waals surface area contributed by atoms with Crippen LogP contribution in [-0.2, 0) is 5.88 Å². The maximum Gasteiger partial charge on any atom is 0.113 e. The number of hydrogen-bond donors (Lipinski definition) is 1. The lowest BCUT2D eigenvalue weighted by atomic mass is 9.92. The van der Waals surface area contributed by atoms with Crippen LogP contribution in [0.3, 0.4) is 0 Å². The molecule has 1 unspecified atom stereocenters. The quantitative estimate of drug-likeness (QED) is 0.530. The van der Waals surface area contributed by atoms with E-state index in [4.69, 9.17) is 23.2 Å². The van der Waals surface area contributed by atoms with Gasteiger partial charge in [0.05, 0.1) is 5.88 Å². The molecule has 1 heterocycles. The molecule has 1 N–H and O–H groups in total. The lowest BCUT2D eigenvalue weighted by Crippen LogP contribution is -2.04. The average Bonchev–Trinajstić information content (AvgIpc) is 2.93. The number of aromatic amines is 1. The van der Waals surface area contributed by atoms with Gasteiger partial charge < -0.3 is 4.98 Å². The van der Waals surface area contributed by atoms with Crippen molar-refractivity contribution in [3.05, 3.63) is 52.6 Å². The molecule has 0 aliphatic rings. The largest absolute Gasteiger partial charge is 0.344 e. The Hall–Kier alpha value is -0.990. The third kappa shape index (κ3) is 3.77. The summed E-state index contributed by atoms with van der Waals surface area (Å²) in [7, 11) is 0. The van der Waals surface area contributed by atoms with Crippen LogP contribution < -0.4 is 0 Å². The van der Waals surface area contributed by atoms with Gasteiger partial charge in [-0.15, -0.1) is 11.6 Å². The Balaban J connectivity index is 2.26. The van der Waals surface area contributed by atoms with Crippen molar-refractivity contribution in [2.24, 2.45) is 0 Å². The number of rotatable bonds is 7. The first-order valence-corrected chi connectivity index (χ1v) is 8.01. The van der Waals surface area contributed by atoms with Gasteiger partial charge in [-0.25, -0.2) is 4.98 Å². The minimum atomic E-state index is 0.215. The lowest BCUT2D eigenvalue weighted by Gasteiger charge is -2.16. The van der Waals surface area contributed by atoms with Crippen molar-refractivity contribution in [2.75, 3.05) is 0 Å². The Morgan fingerprint density at radius 2 is 2.05 bits per heavy atom. The van der Waals surface area contributed by atoms with Crippen molar-refractivity contribution in [3.63, 3.8) is 0 Å². The van der Waals surface area contributed by atoms with E-state index >= 15 is 0 Å². The predicted octanol–water partition coefficient (Wildman–Crippen LogP) is 5.51. The third-order valence-corrected chi connectivity index (χ3v) is 4.13. The number of nitrogens with one attached hydrogen (secondary N) is 1. The molecule has 1 aromatic heterocycles. The summed E-state index contributed by atoms with van der Waals surface area (Å²) in [4.78, 5) is 7.80. The van der Waals surface area contributed by atoms with Gasteiger partial charge in [0, 0.05) is 22.8 Å². The van der Waals surface area contributed by atoms with Crippen molar-refractivity contribution in [1.82, 2.24) is 9.97 Å². The Kier molecular flexibility index (Phi) is 5.93. The fourth-order valence-electron chi connectivity index (χ4n) is 2.42. The number of halogens is 2. The van der Waals surface area contributed by atoms with Crippen LogP contribution in [0.5, 0.6) is 0 Å². The lowest BCUT2D eigenvalue weighted by molar-refractivity contribution is 0.601. The summed E-state index contributed by atoms with van der Waals surface area (Å²) in [6.07, 6.45) is 6.46. The van der Waals surface area contributed by atoms with Gasteiger partial charge in [-0.05, 0) is 18.1 Å². The van der Waals surface area contributed by atoms with Crippen LogP contribution in [0, 0.1) is 0 Å². The van der Waals surface area contributed by atoms with Crippen LogP contribution >= 0.6 is 23.2 Å². The van der Waals surface area contributed by atoms with Crippen LogP contribution in [0.4, 0.5) is 0 Å². The molecule has 0 amide bonds. The van der Waals surface area contributed by atoms with Crippen LogP contribution in [0.2, 0.25) is 5.02 Å². The Morgan fingerprint density at radius 1 is 1.25 bits per heavy atom. The second-order valence-electron chi connectivity index (χ2n) is 5.00. The monoisotopic (exact) mass is 310 g/mol. The van der Waals surface area contributed by atoms with Crippen LogP contribution in [0.15, 0.2) is 30.5 Å². The van der Waals surface area contributed by atoms with Crippen LogP contribution in [0.1, 0.15) is 55.6 Å². The van der Waals surface area contributed by atoms with Gasteiger partial charge in [-0.1, -0.05) is 56.0 Å². The number of hydrogen-bond acceptors (Lipinski definition) is 1. The highest BCUT2D eigenvalue weighted by Crippen LogP contribution is 2.32. The number of H-pyrrole nitrogens is 1. The number of imidazole rings is 1. The van der Waals surface area contributed by atoms with E-state index in [9.17, 15) is 0 Å². The fourth-order valence-corrected chi connectivity index (χ4v) is 2.82. The summed E-state index contributed by atoms with van der Waals surface area (Å²) in [6, 6.07) is 8.01. The SMILES string of the molecule is CCCCCC(c1ncc(CCl)[nH]1)c1ccccc1Cl. The van der Waals surface area contributed by atoms with Crippen LogP contribution in [-0.4, -0.2) is 9.97 Å². The summed E-state index contributed by atoms with van der Waals surface area (Å²) in [5.41, 5.74) is 2.09. The first-order chi connectivity index (χ1) is 9.76. The molecule has 2 rings (SSSR count). The summed E-state index contributed by atoms with van der Waals surface area (Å²) in [5.74, 6) is 1.63. The zero-order valence-corrected chi connectivity index (χ0v) is 13.2. The highest BCUT2D eigenvalue weighted by Gasteiger charge is 2.19. The van der Waals surface area contributed by atoms with E-state index in [-0.39, 0.29) is 5.92 Å². The maximum atomic E-state index is 6.35. The zero-order chi connectivity index (χ0) is 14.4. The number of unbranched alkanes of at least 4 members (excludes halogenated alkanes) is 2. The molecule has 0 saturated heterocycles. The first-order valence-electron chi connectivity index (χ1n) is 7.10. The molecule has 0 radical (unpaired) electrons. The zero-order valence-electron chi connectivity index (χ0n) is 11.7. The van der Waals surface area contributed by atoms with Gasteiger partial charge in [0.15, 0.2) is 0 Å². The molecule has 0 bridgehead atoms. The maximum absolute atomic E-state index is 6.35. The molecule has 1 atom stereocenters. The highest BCUT2D eigenvalue weighted by molar-refractivity contribution is 6.31. The third-order valence-electron chi connectivity index (χ3n) is 3.50. The van der Waals surface area contributed by atoms with Crippen molar-refractivity contribution >= 4 is 23.2 Å². The Labute approximate surface area is 130 Å². The van der Waals surface area contributed by atoms with Gasteiger partial charge in [0.25, 0.3) is 0 Å². The first kappa shape index (κ1) is 15.4. The van der Waals surface area contributed by atoms with Crippen LogP contribution in [0.25, 0.3) is 0 Å². The fraction of sp³-hybridized carbons (Fsp3) is 0.438. The summed E-state index contributed by atoms with van der Waals surface area (Å²) >= 11 is 12.2. The molecule has 0 aliphatic carbocycles. The predicted molar refractivity (Wildman–Crippen MR) is 85.6 cm³/mol. The van der Waals surface area contributed by atoms with E-state index in [2.05, 4.69) is 23.0 Å². The topological polar surface area (TPSA) is 28.7 Å². The number of aromatic nitrogens is 2. The molecule has 2 aromatic rings. The van der Waals surface area contributed by atoms with E-state index in [0.717, 1.165) is 28.5 Å². The summed E-state index contributed by atoms with van der Waals surface area (Å²) in [5, 5.41) is 0.804. The second kappa shape index (κ2) is 7.70. The van der Waals surface area contributed by atoms with E-state index < -0.39 is 0 Å². The van der Waals surface area contributed by atoms with Crippen molar-refractivity contribution < 1.29 is 0 Å². The molecule has 0 saturated carbocycles. The van der Waals surface area contributed by atoms with Crippen molar-refractivity contribution in [1.29, 1.82) is 0 Å². The second-order valence-corrected chi connectivity index (χ2v) is 5.67. The molecule has 2 nitrogen and oxygen atoms in total. The molecular weight excluding hydrogens is 291 g/mol. The molecule has 20 heavy (non-hydrogen) atoms. The molecule has 1 aromatic carbocycles. The summed E-state index contributed by atoms with van der Waals surface area (Å²) < 4.78 is 0. The van der Waals surface area contributed by atoms with E-state index in [1.807, 2.05) is 24.4 Å². The van der Waals surface area contributed by atoms with Gasteiger partial charge >= 0.3 is 0 Å². The number of nitrogens with zero attached hydrogens (tertiary/aromatic N) is 1. The highest BCUT2D eigenvalue weighted by atomic mass is 35.5. The van der Waals surface area contributed by atoms with Gasteiger partial charge in [0.1, 0.15) is 5.82 Å². The van der Waals surface area contributed by atoms with Gasteiger partial charge in [-0.2, -0.15) is 0 Å². The average molecular weight is 311 g/mol. The smallest absolute Gasteiger partial charge is 0.113 e. The molecule has 0 fully saturated rings. The van der Waals surface area contributed by atoms with E-state index in [1.165, 1.54) is 19.3 Å². The standard InChI is InChI=1S/C16H20Cl2N2/c1-2-3-4-8-14(13-7-5-6-9-15(13)18)16-19-11-12(10-17)20-16/h5-7,9,11,14H,2-4,8,10H2,1H3,(H,19,20). The molecule has 0 aliphatic heterocycles. The van der Waals surface area contributed by atoms with Gasteiger partial charge in [-0.3, -0.25) is 0 Å². The normalized spacial score (nSPS) is 12.6. The van der Waals surface area contributed by atoms with Crippen molar-refractivity contribution in [3.8, 4) is 0 Å². The molecule has 4 heteroatoms. The number of alkyl halides is 1. The minimum absolute atomic E-state index is 0.215. The van der Waals surface area contributed by atoms with Gasteiger partial charge in [0.2, 0.25) is 0 Å². The molecule has 0 spiro atoms. The Morgan fingerprint density at radius 3 is 2.70 bits per heavy atom. The minimum Gasteiger partial charge on any atom is -0.344 e. The Bertz CT molecular complexity index is 537. The molecule has 108 valence electrons. The summed E-state index contributed by atoms with van der Waals surface area (Å²) in [6.45, 7) is 2.21. The number of benzene rings is 1. The van der Waals surface area contributed by atoms with E-state index in [1.54, 1.807) is 0 Å². The van der Waals surface area contributed by atoms with E-state index in [0.29, 0.717) is 5.88 Å². The molecular formula is C16H20Cl2N2. The van der Waals surface area contributed by atoms with Crippen molar-refractivity contribution in [2.45, 2.75) is 44.4 Å².